The molecule has 0 radical (unpaired) electrons. The molecule has 4 nitrogen and oxygen atoms in total. The van der Waals surface area contributed by atoms with Crippen LogP contribution >= 0.6 is 0 Å². The van der Waals surface area contributed by atoms with Crippen molar-refractivity contribution in [3.05, 3.63) is 65.2 Å². The van der Waals surface area contributed by atoms with E-state index in [4.69, 9.17) is 14.7 Å². The molecule has 0 aliphatic carbocycles. The highest BCUT2D eigenvalue weighted by Gasteiger charge is 2.14. The number of benzene rings is 2. The number of carbonyl (C=O) groups is 1. The Morgan fingerprint density at radius 2 is 1.95 bits per heavy atom. The molecule has 110 valence electrons. The normalized spacial score (nSPS) is 10.2. The Bertz CT molecular complexity index is 757. The van der Waals surface area contributed by atoms with Crippen LogP contribution in [0.15, 0.2) is 48.5 Å². The highest BCUT2D eigenvalue weighted by molar-refractivity contribution is 5.92. The molecule has 0 saturated carbocycles. The van der Waals surface area contributed by atoms with E-state index in [2.05, 4.69) is 0 Å². The number of hydrogen-bond acceptors (Lipinski definition) is 4. The monoisotopic (exact) mass is 293 g/mol. The van der Waals surface area contributed by atoms with Gasteiger partial charge in [0.1, 0.15) is 0 Å². The maximum absolute atomic E-state index is 12.2. The minimum atomic E-state index is -0.434. The van der Waals surface area contributed by atoms with Crippen LogP contribution in [0.3, 0.4) is 0 Å². The minimum absolute atomic E-state index is 0.338. The lowest BCUT2D eigenvalue weighted by Gasteiger charge is -2.11. The summed E-state index contributed by atoms with van der Waals surface area (Å²) in [7, 11) is 1.50. The first-order valence-electron chi connectivity index (χ1n) is 6.67. The molecule has 4 heteroatoms. The number of aryl methyl sites for hydroxylation is 1. The molecule has 0 saturated heterocycles. The van der Waals surface area contributed by atoms with Crippen LogP contribution < -0.4 is 9.47 Å². The van der Waals surface area contributed by atoms with Gasteiger partial charge in [0.2, 0.25) is 0 Å². The highest BCUT2D eigenvalue weighted by atomic mass is 16.6. The van der Waals surface area contributed by atoms with E-state index in [1.165, 1.54) is 13.2 Å². The summed E-state index contributed by atoms with van der Waals surface area (Å²) >= 11 is 0. The van der Waals surface area contributed by atoms with Gasteiger partial charge in [0, 0.05) is 6.08 Å². The van der Waals surface area contributed by atoms with Gasteiger partial charge >= 0.3 is 5.97 Å². The second-order valence-electron chi connectivity index (χ2n) is 4.58. The molecule has 0 unspecified atom stereocenters. The number of ether oxygens (including phenoxy) is 2. The summed E-state index contributed by atoms with van der Waals surface area (Å²) in [6.45, 7) is 1.85. The van der Waals surface area contributed by atoms with Gasteiger partial charge < -0.3 is 9.47 Å². The third-order valence-corrected chi connectivity index (χ3v) is 3.11. The Hall–Kier alpha value is -3.06. The quantitative estimate of drug-likeness (QED) is 0.489. The van der Waals surface area contributed by atoms with Gasteiger partial charge in [0.15, 0.2) is 11.5 Å². The van der Waals surface area contributed by atoms with Crippen molar-refractivity contribution in [2.75, 3.05) is 7.11 Å². The van der Waals surface area contributed by atoms with Crippen molar-refractivity contribution in [1.82, 2.24) is 0 Å². The molecule has 0 heterocycles. The zero-order valence-corrected chi connectivity index (χ0v) is 12.4. The molecule has 22 heavy (non-hydrogen) atoms. The summed E-state index contributed by atoms with van der Waals surface area (Å²) in [5, 5.41) is 8.54. The van der Waals surface area contributed by atoms with E-state index < -0.39 is 5.97 Å². The molecule has 0 amide bonds. The van der Waals surface area contributed by atoms with Crippen LogP contribution in [0, 0.1) is 18.3 Å². The molecule has 0 N–H and O–H groups in total. The molecule has 0 aromatic heterocycles. The number of nitriles is 1. The van der Waals surface area contributed by atoms with Crippen LogP contribution in [0.1, 0.15) is 21.5 Å². The fraction of sp³-hybridized carbons (Fsp3) is 0.111. The van der Waals surface area contributed by atoms with Gasteiger partial charge in [-0.15, -0.1) is 0 Å². The first-order valence-corrected chi connectivity index (χ1v) is 6.67. The Kier molecular flexibility index (Phi) is 4.94. The van der Waals surface area contributed by atoms with Gasteiger partial charge in [0.05, 0.1) is 18.7 Å². The molecule has 0 fully saturated rings. The van der Waals surface area contributed by atoms with E-state index in [1.54, 1.807) is 36.4 Å². The second kappa shape index (κ2) is 7.09. The summed E-state index contributed by atoms with van der Waals surface area (Å²) < 4.78 is 10.6. The van der Waals surface area contributed by atoms with E-state index in [9.17, 15) is 4.79 Å². The zero-order chi connectivity index (χ0) is 15.9. The van der Waals surface area contributed by atoms with Crippen LogP contribution in [0.5, 0.6) is 11.5 Å². The van der Waals surface area contributed by atoms with E-state index in [-0.39, 0.29) is 0 Å². The molecule has 0 atom stereocenters. The highest BCUT2D eigenvalue weighted by Crippen LogP contribution is 2.29. The molecule has 0 aliphatic rings. The van der Waals surface area contributed by atoms with Crippen molar-refractivity contribution in [3.63, 3.8) is 0 Å². The molecular formula is C18H15NO3. The third kappa shape index (κ3) is 3.53. The van der Waals surface area contributed by atoms with Crippen molar-refractivity contribution in [3.8, 4) is 17.6 Å². The SMILES string of the molecule is COc1cc(/C=C\C#N)ccc1OC(=O)c1ccccc1C. The lowest BCUT2D eigenvalue weighted by Crippen LogP contribution is -2.10. The summed E-state index contributed by atoms with van der Waals surface area (Å²) in [6.07, 6.45) is 3.02. The first-order chi connectivity index (χ1) is 10.7. The molecule has 2 aromatic rings. The van der Waals surface area contributed by atoms with Crippen molar-refractivity contribution in [2.45, 2.75) is 6.92 Å². The van der Waals surface area contributed by atoms with Gasteiger partial charge in [0.25, 0.3) is 0 Å². The Morgan fingerprint density at radius 1 is 1.18 bits per heavy atom. The summed E-state index contributed by atoms with van der Waals surface area (Å²) in [4.78, 5) is 12.2. The number of esters is 1. The third-order valence-electron chi connectivity index (χ3n) is 3.11. The molecular weight excluding hydrogens is 278 g/mol. The average molecular weight is 293 g/mol. The number of hydrogen-bond donors (Lipinski definition) is 0. The van der Waals surface area contributed by atoms with Crippen molar-refractivity contribution in [2.24, 2.45) is 0 Å². The number of rotatable bonds is 4. The van der Waals surface area contributed by atoms with Crippen LogP contribution in [0.4, 0.5) is 0 Å². The lowest BCUT2D eigenvalue weighted by atomic mass is 10.1. The zero-order valence-electron chi connectivity index (χ0n) is 12.4. The fourth-order valence-corrected chi connectivity index (χ4v) is 1.96. The van der Waals surface area contributed by atoms with E-state index in [0.717, 1.165) is 11.1 Å². The van der Waals surface area contributed by atoms with Gasteiger partial charge in [-0.1, -0.05) is 24.3 Å². The summed E-state index contributed by atoms with van der Waals surface area (Å²) in [6, 6.07) is 14.2. The smallest absolute Gasteiger partial charge is 0.343 e. The van der Waals surface area contributed by atoms with E-state index in [0.29, 0.717) is 17.1 Å². The number of nitrogens with zero attached hydrogens (tertiary/aromatic N) is 1. The molecule has 0 aliphatic heterocycles. The van der Waals surface area contributed by atoms with Crippen LogP contribution in [0.25, 0.3) is 6.08 Å². The van der Waals surface area contributed by atoms with Crippen LogP contribution in [0.2, 0.25) is 0 Å². The largest absolute Gasteiger partial charge is 0.493 e. The predicted molar refractivity (Wildman–Crippen MR) is 83.8 cm³/mol. The Balaban J connectivity index is 2.26. The summed E-state index contributed by atoms with van der Waals surface area (Å²) in [5.74, 6) is 0.337. The van der Waals surface area contributed by atoms with Crippen molar-refractivity contribution in [1.29, 1.82) is 5.26 Å². The molecule has 0 bridgehead atoms. The second-order valence-corrected chi connectivity index (χ2v) is 4.58. The fourth-order valence-electron chi connectivity index (χ4n) is 1.96. The number of allylic oxidation sites excluding steroid dienone is 1. The van der Waals surface area contributed by atoms with Crippen LogP contribution in [-0.2, 0) is 0 Å². The maximum Gasteiger partial charge on any atom is 0.343 e. The Labute approximate surface area is 129 Å². The van der Waals surface area contributed by atoms with Gasteiger partial charge in [-0.05, 0) is 42.3 Å². The first kappa shape index (κ1) is 15.3. The standard InChI is InChI=1S/C18H15NO3/c1-13-6-3-4-8-15(13)18(20)22-16-10-9-14(7-5-11-19)12-17(16)21-2/h3-10,12H,1-2H3/b7-5-. The van der Waals surface area contributed by atoms with Gasteiger partial charge in [-0.25, -0.2) is 4.79 Å². The lowest BCUT2D eigenvalue weighted by molar-refractivity contribution is 0.0729. The number of carbonyl (C=O) groups excluding carboxylic acids is 1. The van der Waals surface area contributed by atoms with E-state index in [1.807, 2.05) is 25.1 Å². The van der Waals surface area contributed by atoms with Crippen molar-refractivity contribution < 1.29 is 14.3 Å². The molecule has 2 rings (SSSR count). The molecule has 2 aromatic carbocycles. The minimum Gasteiger partial charge on any atom is -0.493 e. The Morgan fingerprint density at radius 3 is 2.64 bits per heavy atom. The predicted octanol–water partition coefficient (Wildman–Crippen LogP) is 3.76. The maximum atomic E-state index is 12.2. The average Bonchev–Trinajstić information content (AvgIpc) is 2.54. The molecule has 0 spiro atoms. The van der Waals surface area contributed by atoms with Crippen molar-refractivity contribution >= 4 is 12.0 Å². The number of methoxy groups -OCH3 is 1. The topological polar surface area (TPSA) is 59.3 Å². The van der Waals surface area contributed by atoms with Gasteiger partial charge in [-0.2, -0.15) is 5.26 Å². The van der Waals surface area contributed by atoms with Crippen LogP contribution in [-0.4, -0.2) is 13.1 Å². The summed E-state index contributed by atoms with van der Waals surface area (Å²) in [5.41, 5.74) is 2.15. The van der Waals surface area contributed by atoms with E-state index >= 15 is 0 Å². The van der Waals surface area contributed by atoms with Gasteiger partial charge in [-0.3, -0.25) is 0 Å².